The Kier molecular flexibility index (Phi) is 6.85. The third-order valence-corrected chi connectivity index (χ3v) is 3.81. The molecule has 0 fully saturated rings. The molecule has 2 aromatic rings. The molecule has 0 aliphatic carbocycles. The molecule has 0 radical (unpaired) electrons. The molecule has 29 heavy (non-hydrogen) atoms. The molecule has 0 spiro atoms. The molecule has 10 nitrogen and oxygen atoms in total. The summed E-state index contributed by atoms with van der Waals surface area (Å²) in [5, 5.41) is 13.7. The van der Waals surface area contributed by atoms with Crippen LogP contribution in [0.1, 0.15) is 27.6 Å². The summed E-state index contributed by atoms with van der Waals surface area (Å²) in [7, 11) is 2.60. The maximum Gasteiger partial charge on any atom is 0.345 e. The van der Waals surface area contributed by atoms with E-state index in [9.17, 15) is 24.5 Å². The number of rotatable bonds is 8. The van der Waals surface area contributed by atoms with Gasteiger partial charge in [0.25, 0.3) is 11.6 Å². The summed E-state index contributed by atoms with van der Waals surface area (Å²) in [6.07, 6.45) is 0. The van der Waals surface area contributed by atoms with Crippen LogP contribution in [0.25, 0.3) is 0 Å². The number of carbonyl (C=O) groups is 3. The molecule has 0 saturated carbocycles. The average Bonchev–Trinajstić information content (AvgIpc) is 2.70. The topological polar surface area (TPSA) is 134 Å². The highest BCUT2D eigenvalue weighted by molar-refractivity contribution is 5.99. The summed E-state index contributed by atoms with van der Waals surface area (Å²) in [6, 6.07) is 8.35. The van der Waals surface area contributed by atoms with Gasteiger partial charge < -0.3 is 19.5 Å². The molecule has 0 aliphatic heterocycles. The lowest BCUT2D eigenvalue weighted by Gasteiger charge is -2.11. The van der Waals surface area contributed by atoms with E-state index in [1.807, 2.05) is 0 Å². The maximum atomic E-state index is 12.3. The van der Waals surface area contributed by atoms with Crippen molar-refractivity contribution < 1.29 is 33.5 Å². The van der Waals surface area contributed by atoms with E-state index in [4.69, 9.17) is 14.2 Å². The molecule has 1 amide bonds. The Bertz CT molecular complexity index is 971. The summed E-state index contributed by atoms with van der Waals surface area (Å²) >= 11 is 0. The van der Waals surface area contributed by atoms with Crippen LogP contribution in [0.15, 0.2) is 36.4 Å². The largest absolute Gasteiger partial charge is 0.493 e. The zero-order chi connectivity index (χ0) is 21.6. The molecule has 1 N–H and O–H groups in total. The Morgan fingerprint density at radius 1 is 1.07 bits per heavy atom. The molecular formula is C19H18N2O8. The second-order valence-electron chi connectivity index (χ2n) is 5.74. The van der Waals surface area contributed by atoms with Crippen LogP contribution in [-0.4, -0.2) is 43.4 Å². The van der Waals surface area contributed by atoms with Crippen molar-refractivity contribution in [2.75, 3.05) is 26.1 Å². The number of nitrogens with zero attached hydrogens (tertiary/aromatic N) is 1. The predicted octanol–water partition coefficient (Wildman–Crippen LogP) is 2.61. The third-order valence-electron chi connectivity index (χ3n) is 3.81. The van der Waals surface area contributed by atoms with Gasteiger partial charge in [-0.3, -0.25) is 19.7 Å². The molecule has 0 saturated heterocycles. The van der Waals surface area contributed by atoms with Gasteiger partial charge in [0.2, 0.25) is 0 Å². The third kappa shape index (κ3) is 5.28. The van der Waals surface area contributed by atoms with Crippen molar-refractivity contribution in [3.8, 4) is 11.5 Å². The molecular weight excluding hydrogens is 384 g/mol. The number of Topliss-reactive ketones (excluding diaryl/α,β-unsaturated/α-hetero) is 1. The summed E-state index contributed by atoms with van der Waals surface area (Å²) in [5.74, 6) is -1.77. The molecule has 0 aliphatic rings. The Balaban J connectivity index is 2.12. The van der Waals surface area contributed by atoms with Gasteiger partial charge in [-0.2, -0.15) is 0 Å². The molecule has 0 heterocycles. The first kappa shape index (κ1) is 21.4. The number of nitro groups is 1. The van der Waals surface area contributed by atoms with Gasteiger partial charge in [-0.1, -0.05) is 12.1 Å². The number of amides is 1. The fourth-order valence-corrected chi connectivity index (χ4v) is 2.40. The van der Waals surface area contributed by atoms with E-state index in [2.05, 4.69) is 5.32 Å². The Labute approximate surface area is 165 Å². The average molecular weight is 402 g/mol. The first-order chi connectivity index (χ1) is 13.8. The van der Waals surface area contributed by atoms with Gasteiger partial charge in [0.05, 0.1) is 25.2 Å². The minimum Gasteiger partial charge on any atom is -0.493 e. The number of hydrogen-bond acceptors (Lipinski definition) is 8. The number of hydrogen-bond donors (Lipinski definition) is 1. The Morgan fingerprint density at radius 3 is 2.31 bits per heavy atom. The van der Waals surface area contributed by atoms with E-state index < -0.39 is 29.1 Å². The highest BCUT2D eigenvalue weighted by Gasteiger charge is 2.26. The minimum atomic E-state index is -1.08. The zero-order valence-electron chi connectivity index (χ0n) is 15.9. The second kappa shape index (κ2) is 9.31. The van der Waals surface area contributed by atoms with E-state index in [0.717, 1.165) is 12.1 Å². The van der Waals surface area contributed by atoms with Gasteiger partial charge >= 0.3 is 5.97 Å². The monoisotopic (exact) mass is 402 g/mol. The smallest absolute Gasteiger partial charge is 0.345 e. The summed E-state index contributed by atoms with van der Waals surface area (Å²) in [5.41, 5.74) is -0.196. The Morgan fingerprint density at radius 2 is 1.72 bits per heavy atom. The number of nitro benzene ring substituents is 1. The molecule has 2 rings (SSSR count). The van der Waals surface area contributed by atoms with Crippen molar-refractivity contribution in [1.82, 2.24) is 0 Å². The van der Waals surface area contributed by atoms with E-state index >= 15 is 0 Å². The number of methoxy groups -OCH3 is 2. The second-order valence-corrected chi connectivity index (χ2v) is 5.74. The summed E-state index contributed by atoms with van der Waals surface area (Å²) < 4.78 is 14.9. The van der Waals surface area contributed by atoms with Crippen molar-refractivity contribution >= 4 is 29.0 Å². The van der Waals surface area contributed by atoms with Crippen LogP contribution in [0.3, 0.4) is 0 Å². The van der Waals surface area contributed by atoms with Gasteiger partial charge in [-0.05, 0) is 19.1 Å². The molecule has 0 unspecified atom stereocenters. The number of esters is 1. The molecule has 0 aromatic heterocycles. The first-order valence-electron chi connectivity index (χ1n) is 8.25. The first-order valence-corrected chi connectivity index (χ1v) is 8.25. The minimum absolute atomic E-state index is 0.0684. The van der Waals surface area contributed by atoms with E-state index in [0.29, 0.717) is 11.3 Å². The van der Waals surface area contributed by atoms with Crippen LogP contribution in [0.4, 0.5) is 11.4 Å². The SMILES string of the molecule is COc1cc(C(=O)OCC(=O)Nc2cccc(C(C)=O)c2)c([N+](=O)[O-])cc1OC. The van der Waals surface area contributed by atoms with Gasteiger partial charge in [-0.15, -0.1) is 0 Å². The molecule has 0 bridgehead atoms. The van der Waals surface area contributed by atoms with Crippen LogP contribution >= 0.6 is 0 Å². The van der Waals surface area contributed by atoms with Crippen molar-refractivity contribution in [1.29, 1.82) is 0 Å². The fourth-order valence-electron chi connectivity index (χ4n) is 2.40. The number of benzene rings is 2. The molecule has 0 atom stereocenters. The van der Waals surface area contributed by atoms with E-state index in [1.54, 1.807) is 18.2 Å². The van der Waals surface area contributed by atoms with Gasteiger partial charge in [0.1, 0.15) is 5.56 Å². The lowest BCUT2D eigenvalue weighted by atomic mass is 10.1. The van der Waals surface area contributed by atoms with Crippen molar-refractivity contribution in [3.05, 3.63) is 57.6 Å². The van der Waals surface area contributed by atoms with Crippen LogP contribution in [-0.2, 0) is 9.53 Å². The van der Waals surface area contributed by atoms with Crippen LogP contribution in [0.5, 0.6) is 11.5 Å². The highest BCUT2D eigenvalue weighted by Crippen LogP contribution is 2.34. The Hall–Kier alpha value is -3.95. The standard InChI is InChI=1S/C19H18N2O8/c1-11(22)12-5-4-6-13(7-12)20-18(23)10-29-19(24)14-8-16(27-2)17(28-3)9-15(14)21(25)26/h4-9H,10H2,1-3H3,(H,20,23). The molecule has 152 valence electrons. The maximum absolute atomic E-state index is 12.3. The highest BCUT2D eigenvalue weighted by atomic mass is 16.6. The molecule has 10 heteroatoms. The predicted molar refractivity (Wildman–Crippen MR) is 102 cm³/mol. The van der Waals surface area contributed by atoms with Crippen molar-refractivity contribution in [2.24, 2.45) is 0 Å². The van der Waals surface area contributed by atoms with Crippen molar-refractivity contribution in [3.63, 3.8) is 0 Å². The van der Waals surface area contributed by atoms with Gasteiger partial charge in [-0.25, -0.2) is 4.79 Å². The van der Waals surface area contributed by atoms with E-state index in [1.165, 1.54) is 27.2 Å². The van der Waals surface area contributed by atoms with E-state index in [-0.39, 0.29) is 22.8 Å². The lowest BCUT2D eigenvalue weighted by Crippen LogP contribution is -2.21. The van der Waals surface area contributed by atoms with Gasteiger partial charge in [0.15, 0.2) is 23.9 Å². The number of carbonyl (C=O) groups excluding carboxylic acids is 3. The number of anilines is 1. The van der Waals surface area contributed by atoms with Crippen LogP contribution in [0.2, 0.25) is 0 Å². The normalized spacial score (nSPS) is 10.0. The van der Waals surface area contributed by atoms with Crippen LogP contribution < -0.4 is 14.8 Å². The van der Waals surface area contributed by atoms with Crippen molar-refractivity contribution in [2.45, 2.75) is 6.92 Å². The lowest BCUT2D eigenvalue weighted by molar-refractivity contribution is -0.385. The van der Waals surface area contributed by atoms with Gasteiger partial charge in [0, 0.05) is 17.3 Å². The van der Waals surface area contributed by atoms with Crippen LogP contribution in [0, 0.1) is 10.1 Å². The zero-order valence-corrected chi connectivity index (χ0v) is 15.9. The fraction of sp³-hybridized carbons (Fsp3) is 0.211. The number of ether oxygens (including phenoxy) is 3. The summed E-state index contributed by atoms with van der Waals surface area (Å²) in [6.45, 7) is 0.702. The summed E-state index contributed by atoms with van der Waals surface area (Å²) in [4.78, 5) is 46.2. The quantitative estimate of drug-likeness (QED) is 0.308. The number of nitrogens with one attached hydrogen (secondary N) is 1. The number of ketones is 1. The molecule has 2 aromatic carbocycles.